The van der Waals surface area contributed by atoms with Crippen molar-refractivity contribution in [2.75, 3.05) is 0 Å². The van der Waals surface area contributed by atoms with Crippen molar-refractivity contribution in [1.82, 2.24) is 0 Å². The fourth-order valence-electron chi connectivity index (χ4n) is 1.57. The van der Waals surface area contributed by atoms with E-state index in [4.69, 9.17) is 10.8 Å². The summed E-state index contributed by atoms with van der Waals surface area (Å²) in [4.78, 5) is 10.4. The van der Waals surface area contributed by atoms with Crippen molar-refractivity contribution in [3.8, 4) is 0 Å². The summed E-state index contributed by atoms with van der Waals surface area (Å²) in [5, 5.41) is 17.8. The Bertz CT molecular complexity index is 160. The highest BCUT2D eigenvalue weighted by molar-refractivity contribution is 5.73. The third kappa shape index (κ3) is 1.70. The van der Waals surface area contributed by atoms with Gasteiger partial charge in [-0.3, -0.25) is 4.79 Å². The van der Waals surface area contributed by atoms with Gasteiger partial charge in [0.2, 0.25) is 0 Å². The first kappa shape index (κ1) is 8.49. The molecule has 1 aliphatic carbocycles. The maximum Gasteiger partial charge on any atom is 0.320 e. The molecule has 1 saturated carbocycles. The van der Waals surface area contributed by atoms with E-state index < -0.39 is 18.1 Å². The van der Waals surface area contributed by atoms with Gasteiger partial charge in [0.25, 0.3) is 0 Å². The summed E-state index contributed by atoms with van der Waals surface area (Å²) in [6.07, 6.45) is 1.79. The predicted molar refractivity (Wildman–Crippen MR) is 39.0 cm³/mol. The molecule has 11 heavy (non-hydrogen) atoms. The van der Waals surface area contributed by atoms with Crippen molar-refractivity contribution in [3.63, 3.8) is 0 Å². The molecule has 0 aliphatic heterocycles. The molecule has 3 atom stereocenters. The van der Waals surface area contributed by atoms with Crippen LogP contribution in [0.25, 0.3) is 0 Å². The molecular formula is C7H13NO3. The van der Waals surface area contributed by atoms with Crippen LogP contribution in [0.3, 0.4) is 0 Å². The molecule has 2 unspecified atom stereocenters. The van der Waals surface area contributed by atoms with Gasteiger partial charge in [0.05, 0.1) is 6.10 Å². The molecule has 0 radical (unpaired) electrons. The quantitative estimate of drug-likeness (QED) is 0.510. The molecule has 0 amide bonds. The average molecular weight is 159 g/mol. The van der Waals surface area contributed by atoms with Crippen LogP contribution >= 0.6 is 0 Å². The molecule has 0 bridgehead atoms. The fraction of sp³-hybridized carbons (Fsp3) is 0.857. The summed E-state index contributed by atoms with van der Waals surface area (Å²) in [6, 6.07) is -0.896. The molecule has 1 rings (SSSR count). The minimum atomic E-state index is -1.02. The standard InChI is InChI=1S/C7H13NO3/c8-6(7(10)11)4-2-1-3-5(4)9/h4-6,9H,1-3,8H2,(H,10,11)/t4?,5?,6-/m1/s1. The number of aliphatic carboxylic acids is 1. The number of carbonyl (C=O) groups is 1. The Morgan fingerprint density at radius 2 is 2.18 bits per heavy atom. The average Bonchev–Trinajstić information content (AvgIpc) is 2.33. The van der Waals surface area contributed by atoms with Crippen LogP contribution in [0.4, 0.5) is 0 Å². The van der Waals surface area contributed by atoms with Crippen molar-refractivity contribution in [2.24, 2.45) is 11.7 Å². The van der Waals surface area contributed by atoms with E-state index in [0.717, 1.165) is 12.8 Å². The van der Waals surface area contributed by atoms with Gasteiger partial charge in [-0.25, -0.2) is 0 Å². The summed E-state index contributed by atoms with van der Waals surface area (Å²) < 4.78 is 0. The Balaban J connectivity index is 2.52. The van der Waals surface area contributed by atoms with Crippen LogP contribution in [0, 0.1) is 5.92 Å². The van der Waals surface area contributed by atoms with Gasteiger partial charge < -0.3 is 15.9 Å². The summed E-state index contributed by atoms with van der Waals surface area (Å²) in [7, 11) is 0. The zero-order valence-electron chi connectivity index (χ0n) is 6.23. The molecule has 4 heteroatoms. The van der Waals surface area contributed by atoms with Crippen LogP contribution in [-0.2, 0) is 4.79 Å². The lowest BCUT2D eigenvalue weighted by Gasteiger charge is -2.17. The summed E-state index contributed by atoms with van der Waals surface area (Å²) in [6.45, 7) is 0. The number of carboxylic acid groups (broad SMARTS) is 1. The molecule has 1 fully saturated rings. The highest BCUT2D eigenvalue weighted by Crippen LogP contribution is 2.27. The second-order valence-corrected chi connectivity index (χ2v) is 3.03. The molecule has 0 spiro atoms. The first-order valence-corrected chi connectivity index (χ1v) is 3.79. The Morgan fingerprint density at radius 1 is 1.55 bits per heavy atom. The summed E-state index contributed by atoms with van der Waals surface area (Å²) in [5.74, 6) is -1.26. The normalized spacial score (nSPS) is 33.6. The van der Waals surface area contributed by atoms with Crippen LogP contribution in [-0.4, -0.2) is 28.3 Å². The maximum atomic E-state index is 10.4. The van der Waals surface area contributed by atoms with E-state index in [-0.39, 0.29) is 5.92 Å². The van der Waals surface area contributed by atoms with Crippen molar-refractivity contribution in [2.45, 2.75) is 31.4 Å². The van der Waals surface area contributed by atoms with E-state index >= 15 is 0 Å². The number of aliphatic hydroxyl groups excluding tert-OH is 1. The second kappa shape index (κ2) is 3.19. The first-order valence-electron chi connectivity index (χ1n) is 3.79. The van der Waals surface area contributed by atoms with E-state index in [1.165, 1.54) is 0 Å². The highest BCUT2D eigenvalue weighted by Gasteiger charge is 2.33. The van der Waals surface area contributed by atoms with Gasteiger partial charge in [-0.05, 0) is 12.8 Å². The third-order valence-corrected chi connectivity index (χ3v) is 2.28. The van der Waals surface area contributed by atoms with Crippen LogP contribution in [0.2, 0.25) is 0 Å². The lowest BCUT2D eigenvalue weighted by molar-refractivity contribution is -0.140. The minimum absolute atomic E-state index is 0.243. The Hall–Kier alpha value is -0.610. The SMILES string of the molecule is N[C@@H](C(=O)O)C1CCCC1O. The van der Waals surface area contributed by atoms with Gasteiger partial charge in [0.15, 0.2) is 0 Å². The predicted octanol–water partition coefficient (Wildman–Crippen LogP) is -0.441. The zero-order valence-corrected chi connectivity index (χ0v) is 6.23. The van der Waals surface area contributed by atoms with Crippen molar-refractivity contribution >= 4 is 5.97 Å². The van der Waals surface area contributed by atoms with Crippen molar-refractivity contribution in [1.29, 1.82) is 0 Å². The molecule has 0 aromatic carbocycles. The molecular weight excluding hydrogens is 146 g/mol. The van der Waals surface area contributed by atoms with Crippen LogP contribution in [0.15, 0.2) is 0 Å². The van der Waals surface area contributed by atoms with E-state index in [0.29, 0.717) is 6.42 Å². The summed E-state index contributed by atoms with van der Waals surface area (Å²) >= 11 is 0. The monoisotopic (exact) mass is 159 g/mol. The Morgan fingerprint density at radius 3 is 2.55 bits per heavy atom. The van der Waals surface area contributed by atoms with Gasteiger partial charge in [-0.1, -0.05) is 6.42 Å². The van der Waals surface area contributed by atoms with E-state index in [2.05, 4.69) is 0 Å². The van der Waals surface area contributed by atoms with E-state index in [1.54, 1.807) is 0 Å². The highest BCUT2D eigenvalue weighted by atomic mass is 16.4. The number of nitrogens with two attached hydrogens (primary N) is 1. The van der Waals surface area contributed by atoms with Crippen LogP contribution in [0.1, 0.15) is 19.3 Å². The van der Waals surface area contributed by atoms with Gasteiger partial charge in [0.1, 0.15) is 6.04 Å². The lowest BCUT2D eigenvalue weighted by atomic mass is 9.97. The Labute approximate surface area is 65.0 Å². The van der Waals surface area contributed by atoms with E-state index in [9.17, 15) is 9.90 Å². The maximum absolute atomic E-state index is 10.4. The number of carboxylic acids is 1. The molecule has 0 aromatic rings. The molecule has 4 nitrogen and oxygen atoms in total. The number of hydrogen-bond donors (Lipinski definition) is 3. The smallest absolute Gasteiger partial charge is 0.320 e. The molecule has 1 aliphatic rings. The number of hydrogen-bond acceptors (Lipinski definition) is 3. The van der Waals surface area contributed by atoms with Crippen molar-refractivity contribution in [3.05, 3.63) is 0 Å². The lowest BCUT2D eigenvalue weighted by Crippen LogP contribution is -2.41. The van der Waals surface area contributed by atoms with Gasteiger partial charge in [-0.2, -0.15) is 0 Å². The minimum Gasteiger partial charge on any atom is -0.480 e. The van der Waals surface area contributed by atoms with Gasteiger partial charge in [-0.15, -0.1) is 0 Å². The van der Waals surface area contributed by atoms with Crippen molar-refractivity contribution < 1.29 is 15.0 Å². The van der Waals surface area contributed by atoms with Crippen LogP contribution < -0.4 is 5.73 Å². The van der Waals surface area contributed by atoms with E-state index in [1.807, 2.05) is 0 Å². The van der Waals surface area contributed by atoms with Gasteiger partial charge >= 0.3 is 5.97 Å². The topological polar surface area (TPSA) is 83.6 Å². The first-order chi connectivity index (χ1) is 5.13. The molecule has 0 heterocycles. The zero-order chi connectivity index (χ0) is 8.43. The number of aliphatic hydroxyl groups is 1. The molecule has 64 valence electrons. The molecule has 0 saturated heterocycles. The van der Waals surface area contributed by atoms with Crippen LogP contribution in [0.5, 0.6) is 0 Å². The fourth-order valence-corrected chi connectivity index (χ4v) is 1.57. The third-order valence-electron chi connectivity index (χ3n) is 2.28. The second-order valence-electron chi connectivity index (χ2n) is 3.03. The summed E-state index contributed by atoms with van der Waals surface area (Å²) in [5.41, 5.74) is 5.35. The largest absolute Gasteiger partial charge is 0.480 e. The molecule has 0 aromatic heterocycles. The van der Waals surface area contributed by atoms with Gasteiger partial charge in [0, 0.05) is 5.92 Å². The number of rotatable bonds is 2. The molecule has 4 N–H and O–H groups in total. The Kier molecular flexibility index (Phi) is 2.46.